The Labute approximate surface area is 104 Å². The molecule has 18 heavy (non-hydrogen) atoms. The second kappa shape index (κ2) is 5.90. The summed E-state index contributed by atoms with van der Waals surface area (Å²) in [6, 6.07) is 4.07. The predicted molar refractivity (Wildman–Crippen MR) is 63.5 cm³/mol. The molecule has 1 atom stereocenters. The highest BCUT2D eigenvalue weighted by molar-refractivity contribution is 5.97. The van der Waals surface area contributed by atoms with Crippen LogP contribution in [0.25, 0.3) is 0 Å². The van der Waals surface area contributed by atoms with Crippen molar-refractivity contribution in [2.45, 2.75) is 13.3 Å². The Hall–Kier alpha value is -2.24. The van der Waals surface area contributed by atoms with E-state index in [-0.39, 0.29) is 30.2 Å². The molecule has 0 radical (unpaired) electrons. The Bertz CT molecular complexity index is 458. The normalized spacial score (nSPS) is 11.8. The zero-order valence-electron chi connectivity index (χ0n) is 9.88. The molecule has 1 amide bonds. The number of carbonyl (C=O) groups is 2. The van der Waals surface area contributed by atoms with E-state index >= 15 is 0 Å². The molecule has 0 bridgehead atoms. The van der Waals surface area contributed by atoms with Crippen LogP contribution in [0.15, 0.2) is 18.2 Å². The van der Waals surface area contributed by atoms with E-state index < -0.39 is 17.6 Å². The van der Waals surface area contributed by atoms with Gasteiger partial charge in [0.2, 0.25) is 0 Å². The molecule has 4 N–H and O–H groups in total. The highest BCUT2D eigenvalue weighted by atomic mass is 16.4. The number of hydrogen-bond acceptors (Lipinski definition) is 4. The number of rotatable bonds is 5. The fraction of sp³-hybridized carbons (Fsp3) is 0.333. The maximum atomic E-state index is 11.7. The molecule has 6 nitrogen and oxygen atoms in total. The summed E-state index contributed by atoms with van der Waals surface area (Å²) in [5.74, 6) is -2.56. The minimum absolute atomic E-state index is 0.0440. The van der Waals surface area contributed by atoms with Gasteiger partial charge in [-0.2, -0.15) is 0 Å². The van der Waals surface area contributed by atoms with Crippen molar-refractivity contribution in [3.05, 3.63) is 23.8 Å². The number of para-hydroxylation sites is 1. The predicted octanol–water partition coefficient (Wildman–Crippen LogP) is 0.938. The van der Waals surface area contributed by atoms with Crippen LogP contribution < -0.4 is 5.32 Å². The number of carbonyl (C=O) groups excluding carboxylic acids is 1. The van der Waals surface area contributed by atoms with Crippen molar-refractivity contribution in [1.82, 2.24) is 5.32 Å². The lowest BCUT2D eigenvalue weighted by molar-refractivity contribution is -0.137. The number of hydrogen-bond donors (Lipinski definition) is 4. The number of amides is 1. The van der Waals surface area contributed by atoms with Crippen LogP contribution in [0.5, 0.6) is 11.5 Å². The van der Waals surface area contributed by atoms with Gasteiger partial charge in [0.1, 0.15) is 0 Å². The molecule has 1 unspecified atom stereocenters. The average molecular weight is 253 g/mol. The van der Waals surface area contributed by atoms with E-state index in [0.29, 0.717) is 0 Å². The Balaban J connectivity index is 2.61. The molecule has 1 aromatic rings. The molecule has 0 saturated carbocycles. The lowest BCUT2D eigenvalue weighted by Crippen LogP contribution is -2.29. The zero-order chi connectivity index (χ0) is 13.7. The van der Waals surface area contributed by atoms with Gasteiger partial charge >= 0.3 is 5.97 Å². The Morgan fingerprint density at radius 3 is 2.61 bits per heavy atom. The van der Waals surface area contributed by atoms with Crippen LogP contribution in [0, 0.1) is 5.92 Å². The minimum Gasteiger partial charge on any atom is -0.504 e. The number of aliphatic carboxylic acids is 1. The fourth-order valence-electron chi connectivity index (χ4n) is 1.45. The number of carboxylic acid groups (broad SMARTS) is 1. The van der Waals surface area contributed by atoms with E-state index in [9.17, 15) is 19.8 Å². The average Bonchev–Trinajstić information content (AvgIpc) is 2.29. The summed E-state index contributed by atoms with van der Waals surface area (Å²) < 4.78 is 0. The first kappa shape index (κ1) is 13.8. The summed E-state index contributed by atoms with van der Waals surface area (Å²) in [5.41, 5.74) is -0.0440. The molecule has 0 saturated heterocycles. The van der Waals surface area contributed by atoms with E-state index in [1.807, 2.05) is 0 Å². The Morgan fingerprint density at radius 2 is 2.00 bits per heavy atom. The maximum absolute atomic E-state index is 11.7. The summed E-state index contributed by atoms with van der Waals surface area (Å²) >= 11 is 0. The maximum Gasteiger partial charge on any atom is 0.303 e. The van der Waals surface area contributed by atoms with E-state index in [0.717, 1.165) is 0 Å². The Morgan fingerprint density at radius 1 is 1.33 bits per heavy atom. The number of benzene rings is 1. The van der Waals surface area contributed by atoms with Crippen molar-refractivity contribution < 1.29 is 24.9 Å². The molecule has 0 aliphatic carbocycles. The van der Waals surface area contributed by atoms with Gasteiger partial charge in [0.05, 0.1) is 5.56 Å². The first-order chi connectivity index (χ1) is 8.41. The lowest BCUT2D eigenvalue weighted by Gasteiger charge is -2.11. The monoisotopic (exact) mass is 253 g/mol. The van der Waals surface area contributed by atoms with E-state index in [1.165, 1.54) is 18.2 Å². The van der Waals surface area contributed by atoms with Crippen LogP contribution in [0.2, 0.25) is 0 Å². The van der Waals surface area contributed by atoms with Gasteiger partial charge in [0, 0.05) is 13.0 Å². The molecule has 0 spiro atoms. The van der Waals surface area contributed by atoms with Gasteiger partial charge in [0.15, 0.2) is 11.5 Å². The smallest absolute Gasteiger partial charge is 0.303 e. The standard InChI is InChI=1S/C12H15NO5/c1-7(5-10(15)16)6-13-12(18)8-3-2-4-9(14)11(8)17/h2-4,7,14,17H,5-6H2,1H3,(H,13,18)(H,15,16). The molecule has 1 aromatic carbocycles. The lowest BCUT2D eigenvalue weighted by atomic mass is 10.1. The van der Waals surface area contributed by atoms with Crippen molar-refractivity contribution in [1.29, 1.82) is 0 Å². The Kier molecular flexibility index (Phi) is 4.53. The van der Waals surface area contributed by atoms with E-state index in [2.05, 4.69) is 5.32 Å². The van der Waals surface area contributed by atoms with Crippen molar-refractivity contribution in [2.75, 3.05) is 6.54 Å². The largest absolute Gasteiger partial charge is 0.504 e. The number of phenolic OH excluding ortho intramolecular Hbond substituents is 2. The van der Waals surface area contributed by atoms with Crippen LogP contribution in [0.4, 0.5) is 0 Å². The van der Waals surface area contributed by atoms with Crippen LogP contribution in [-0.4, -0.2) is 33.7 Å². The highest BCUT2D eigenvalue weighted by Gasteiger charge is 2.15. The second-order valence-electron chi connectivity index (χ2n) is 4.09. The van der Waals surface area contributed by atoms with Crippen LogP contribution in [-0.2, 0) is 4.79 Å². The third-order valence-electron chi connectivity index (χ3n) is 2.39. The number of carboxylic acids is 1. The van der Waals surface area contributed by atoms with Crippen molar-refractivity contribution in [3.63, 3.8) is 0 Å². The van der Waals surface area contributed by atoms with Gasteiger partial charge < -0.3 is 20.6 Å². The molecule has 0 aliphatic heterocycles. The first-order valence-corrected chi connectivity index (χ1v) is 5.42. The van der Waals surface area contributed by atoms with E-state index in [1.54, 1.807) is 6.92 Å². The van der Waals surface area contributed by atoms with Gasteiger partial charge in [0.25, 0.3) is 5.91 Å². The molecule has 0 aromatic heterocycles. The third kappa shape index (κ3) is 3.65. The summed E-state index contributed by atoms with van der Waals surface area (Å²) in [6.45, 7) is 1.87. The summed E-state index contributed by atoms with van der Waals surface area (Å²) in [7, 11) is 0. The zero-order valence-corrected chi connectivity index (χ0v) is 9.88. The van der Waals surface area contributed by atoms with Crippen molar-refractivity contribution in [3.8, 4) is 11.5 Å². The van der Waals surface area contributed by atoms with Gasteiger partial charge in [-0.05, 0) is 18.1 Å². The fourth-order valence-corrected chi connectivity index (χ4v) is 1.45. The molecule has 0 aliphatic rings. The summed E-state index contributed by atoms with van der Waals surface area (Å²) in [5, 5.41) is 29.8. The third-order valence-corrected chi connectivity index (χ3v) is 2.39. The van der Waals surface area contributed by atoms with Gasteiger partial charge in [-0.1, -0.05) is 13.0 Å². The molecule has 6 heteroatoms. The molecular formula is C12H15NO5. The summed E-state index contributed by atoms with van der Waals surface area (Å²) in [6.07, 6.45) is -0.0493. The number of phenols is 2. The van der Waals surface area contributed by atoms with E-state index in [4.69, 9.17) is 5.11 Å². The van der Waals surface area contributed by atoms with Gasteiger partial charge in [-0.25, -0.2) is 0 Å². The molecule has 0 heterocycles. The van der Waals surface area contributed by atoms with Crippen LogP contribution in [0.3, 0.4) is 0 Å². The molecule has 98 valence electrons. The second-order valence-corrected chi connectivity index (χ2v) is 4.09. The topological polar surface area (TPSA) is 107 Å². The van der Waals surface area contributed by atoms with Gasteiger partial charge in [-0.15, -0.1) is 0 Å². The highest BCUT2D eigenvalue weighted by Crippen LogP contribution is 2.27. The quantitative estimate of drug-likeness (QED) is 0.584. The van der Waals surface area contributed by atoms with Crippen molar-refractivity contribution in [2.24, 2.45) is 5.92 Å². The van der Waals surface area contributed by atoms with Crippen LogP contribution in [0.1, 0.15) is 23.7 Å². The molecular weight excluding hydrogens is 238 g/mol. The SMILES string of the molecule is CC(CNC(=O)c1cccc(O)c1O)CC(=O)O. The van der Waals surface area contributed by atoms with Gasteiger partial charge in [-0.3, -0.25) is 9.59 Å². The minimum atomic E-state index is -0.933. The van der Waals surface area contributed by atoms with Crippen molar-refractivity contribution >= 4 is 11.9 Å². The first-order valence-electron chi connectivity index (χ1n) is 5.42. The molecule has 0 fully saturated rings. The number of aromatic hydroxyl groups is 2. The summed E-state index contributed by atoms with van der Waals surface area (Å²) in [4.78, 5) is 22.1. The van der Waals surface area contributed by atoms with Crippen LogP contribution >= 0.6 is 0 Å². The number of nitrogens with one attached hydrogen (secondary N) is 1. The molecule has 1 rings (SSSR count).